The van der Waals surface area contributed by atoms with Crippen LogP contribution in [0.25, 0.3) is 22.3 Å². The zero-order chi connectivity index (χ0) is 29.9. The Morgan fingerprint density at radius 3 is 1.78 bits per heavy atom. The van der Waals surface area contributed by atoms with E-state index in [-0.39, 0.29) is 11.3 Å². The monoisotopic (exact) mass is 580 g/mol. The number of aliphatic hydroxyl groups excluding tert-OH is 7. The lowest BCUT2D eigenvalue weighted by Crippen LogP contribution is -2.55. The number of ether oxygens (including phenoxy) is 2. The van der Waals surface area contributed by atoms with Gasteiger partial charge in [-0.2, -0.15) is 0 Å². The van der Waals surface area contributed by atoms with Gasteiger partial charge in [0, 0.05) is 11.6 Å². The first-order chi connectivity index (χ1) is 19.4. The molecule has 2 aromatic carbocycles. The summed E-state index contributed by atoms with van der Waals surface area (Å²) in [6.45, 7) is -1.60. The summed E-state index contributed by atoms with van der Waals surface area (Å²) in [4.78, 5) is 13.4. The topological polar surface area (TPSA) is 271 Å². The maximum absolute atomic E-state index is 13.4. The van der Waals surface area contributed by atoms with E-state index in [4.69, 9.17) is 13.9 Å². The minimum atomic E-state index is -2.01. The van der Waals surface area contributed by atoms with Crippen molar-refractivity contribution in [2.45, 2.75) is 54.9 Å². The predicted molar refractivity (Wildman–Crippen MR) is 134 cm³/mol. The number of fused-ring (bicyclic) bond motifs is 1. The molecule has 3 aromatic rings. The van der Waals surface area contributed by atoms with E-state index in [0.717, 1.165) is 18.2 Å². The third-order valence-electron chi connectivity index (χ3n) is 7.46. The van der Waals surface area contributed by atoms with Gasteiger partial charge in [-0.05, 0) is 18.2 Å². The van der Waals surface area contributed by atoms with E-state index >= 15 is 0 Å². The molecule has 0 spiro atoms. The lowest BCUT2D eigenvalue weighted by molar-refractivity contribution is -0.232. The van der Waals surface area contributed by atoms with Crippen molar-refractivity contribution in [3.63, 3.8) is 0 Å². The first kappa shape index (κ1) is 29.0. The van der Waals surface area contributed by atoms with Gasteiger partial charge in [0.1, 0.15) is 77.6 Å². The second-order valence-corrected chi connectivity index (χ2v) is 9.92. The third-order valence-corrected chi connectivity index (χ3v) is 7.46. The highest BCUT2D eigenvalue weighted by atomic mass is 16.6. The van der Waals surface area contributed by atoms with Crippen LogP contribution in [0.3, 0.4) is 0 Å². The molecule has 9 atom stereocenters. The molecule has 2 aliphatic heterocycles. The summed E-state index contributed by atoms with van der Waals surface area (Å²) in [6.07, 6.45) is -15.6. The summed E-state index contributed by atoms with van der Waals surface area (Å²) in [6, 6.07) is 4.36. The normalized spacial score (nSPS) is 32.0. The van der Waals surface area contributed by atoms with Crippen molar-refractivity contribution in [2.24, 2.45) is 0 Å². The molecule has 2 saturated heterocycles. The Kier molecular flexibility index (Phi) is 7.58. The van der Waals surface area contributed by atoms with Crippen LogP contribution < -0.4 is 5.43 Å². The third kappa shape index (κ3) is 4.57. The number of aromatic hydroxyl groups is 4. The van der Waals surface area contributed by atoms with E-state index in [1.165, 1.54) is 6.07 Å². The maximum atomic E-state index is 13.4. The van der Waals surface area contributed by atoms with Crippen LogP contribution in [-0.4, -0.2) is 112 Å². The van der Waals surface area contributed by atoms with Gasteiger partial charge < -0.3 is 70.1 Å². The van der Waals surface area contributed by atoms with Crippen molar-refractivity contribution in [2.75, 3.05) is 13.2 Å². The standard InChI is InChI=1S/C26H28O15/c27-5-12-17(32)21(36)23(38)25(40-12)15-19(34)14-10(31)4-11(7-1-2-8(29)9(30)3-7)39-24(14)16(20(15)35)26-22(37)18(33)13(6-28)41-26/h1-4,12-13,17-18,21-23,25-30,32-38H,5-6H2/t12-,13+,17-,18+,21+,22-,23-,25+,26+/m1/s1. The second kappa shape index (κ2) is 10.7. The van der Waals surface area contributed by atoms with Crippen LogP contribution in [0, 0.1) is 0 Å². The van der Waals surface area contributed by atoms with Gasteiger partial charge in [-0.25, -0.2) is 0 Å². The summed E-state index contributed by atoms with van der Waals surface area (Å²) >= 11 is 0. The molecule has 11 N–H and O–H groups in total. The van der Waals surface area contributed by atoms with Crippen LogP contribution in [-0.2, 0) is 9.47 Å². The molecule has 0 radical (unpaired) electrons. The molecule has 3 heterocycles. The van der Waals surface area contributed by atoms with Gasteiger partial charge >= 0.3 is 0 Å². The molecule has 41 heavy (non-hydrogen) atoms. The molecule has 222 valence electrons. The number of aliphatic hydroxyl groups is 7. The molecule has 0 bridgehead atoms. The largest absolute Gasteiger partial charge is 0.507 e. The zero-order valence-corrected chi connectivity index (χ0v) is 21.0. The number of benzene rings is 2. The lowest BCUT2D eigenvalue weighted by Gasteiger charge is -2.40. The summed E-state index contributed by atoms with van der Waals surface area (Å²) in [5.74, 6) is -3.21. The molecule has 0 saturated carbocycles. The maximum Gasteiger partial charge on any atom is 0.197 e. The molecular weight excluding hydrogens is 552 g/mol. The van der Waals surface area contributed by atoms with Gasteiger partial charge in [-0.3, -0.25) is 4.79 Å². The molecule has 0 amide bonds. The van der Waals surface area contributed by atoms with Gasteiger partial charge in [-0.1, -0.05) is 0 Å². The van der Waals surface area contributed by atoms with Crippen molar-refractivity contribution >= 4 is 11.0 Å². The first-order valence-corrected chi connectivity index (χ1v) is 12.4. The van der Waals surface area contributed by atoms with Crippen LogP contribution in [0.1, 0.15) is 23.3 Å². The highest BCUT2D eigenvalue weighted by molar-refractivity contribution is 5.92. The Bertz CT molecular complexity index is 1520. The fourth-order valence-electron chi connectivity index (χ4n) is 5.24. The van der Waals surface area contributed by atoms with E-state index < -0.39 is 119 Å². The van der Waals surface area contributed by atoms with Gasteiger partial charge in [0.05, 0.1) is 24.3 Å². The van der Waals surface area contributed by atoms with E-state index in [2.05, 4.69) is 0 Å². The summed E-state index contributed by atoms with van der Waals surface area (Å²) in [5, 5.41) is 113. The van der Waals surface area contributed by atoms with Crippen LogP contribution in [0.4, 0.5) is 0 Å². The molecule has 5 rings (SSSR count). The van der Waals surface area contributed by atoms with Crippen LogP contribution in [0.5, 0.6) is 23.0 Å². The van der Waals surface area contributed by atoms with Gasteiger partial charge in [0.15, 0.2) is 22.5 Å². The van der Waals surface area contributed by atoms with E-state index in [9.17, 15) is 61.0 Å². The highest BCUT2D eigenvalue weighted by Gasteiger charge is 2.50. The van der Waals surface area contributed by atoms with Crippen LogP contribution in [0.15, 0.2) is 33.5 Å². The van der Waals surface area contributed by atoms with Gasteiger partial charge in [0.2, 0.25) is 0 Å². The van der Waals surface area contributed by atoms with Crippen molar-refractivity contribution in [1.82, 2.24) is 0 Å². The zero-order valence-electron chi connectivity index (χ0n) is 21.0. The average Bonchev–Trinajstić information content (AvgIpc) is 3.22. The lowest BCUT2D eigenvalue weighted by atomic mass is 9.87. The number of phenols is 4. The highest BCUT2D eigenvalue weighted by Crippen LogP contribution is 2.51. The number of rotatable bonds is 5. The van der Waals surface area contributed by atoms with E-state index in [0.29, 0.717) is 0 Å². The summed E-state index contributed by atoms with van der Waals surface area (Å²) in [5.41, 5.74) is -2.63. The minimum Gasteiger partial charge on any atom is -0.507 e. The SMILES string of the molecule is O=c1cc(-c2ccc(O)c(O)c2)oc2c([C@@H]3O[C@@H](CO)[C@H](O)[C@H]3O)c(O)c([C@@H]3O[C@H](CO)[C@@H](O)[C@H](O)[C@H]3O)c(O)c12. The number of phenolic OH excluding ortho intramolecular Hbond substituents is 4. The Morgan fingerprint density at radius 2 is 1.22 bits per heavy atom. The number of hydrogen-bond acceptors (Lipinski definition) is 15. The molecule has 15 nitrogen and oxygen atoms in total. The van der Waals surface area contributed by atoms with Crippen LogP contribution in [0.2, 0.25) is 0 Å². The smallest absolute Gasteiger partial charge is 0.197 e. The second-order valence-electron chi connectivity index (χ2n) is 9.92. The molecule has 1 aromatic heterocycles. The molecule has 0 unspecified atom stereocenters. The molecule has 0 aliphatic carbocycles. The van der Waals surface area contributed by atoms with Crippen molar-refractivity contribution in [1.29, 1.82) is 0 Å². The Balaban J connectivity index is 1.81. The Morgan fingerprint density at radius 1 is 0.659 bits per heavy atom. The predicted octanol–water partition coefficient (Wildman–Crippen LogP) is -2.05. The molecular formula is C26H28O15. The van der Waals surface area contributed by atoms with Crippen molar-refractivity contribution < 1.29 is 70.1 Å². The average molecular weight is 580 g/mol. The van der Waals surface area contributed by atoms with Crippen LogP contribution >= 0.6 is 0 Å². The molecule has 15 heteroatoms. The minimum absolute atomic E-state index is 0.0726. The van der Waals surface area contributed by atoms with Crippen molar-refractivity contribution in [3.8, 4) is 34.3 Å². The molecule has 2 fully saturated rings. The summed E-state index contributed by atoms with van der Waals surface area (Å²) < 4.78 is 16.9. The fourth-order valence-corrected chi connectivity index (χ4v) is 5.24. The fraction of sp³-hybridized carbons (Fsp3) is 0.423. The molecule has 2 aliphatic rings. The Hall–Kier alpha value is -3.51. The van der Waals surface area contributed by atoms with Gasteiger partial charge in [0.25, 0.3) is 0 Å². The van der Waals surface area contributed by atoms with Crippen molar-refractivity contribution in [3.05, 3.63) is 45.6 Å². The quantitative estimate of drug-likeness (QED) is 0.145. The van der Waals surface area contributed by atoms with E-state index in [1.54, 1.807) is 0 Å². The van der Waals surface area contributed by atoms with E-state index in [1.807, 2.05) is 0 Å². The number of hydrogen-bond donors (Lipinski definition) is 11. The van der Waals surface area contributed by atoms with Gasteiger partial charge in [-0.15, -0.1) is 0 Å². The first-order valence-electron chi connectivity index (χ1n) is 12.4. The Labute approximate surface area is 229 Å². The summed E-state index contributed by atoms with van der Waals surface area (Å²) in [7, 11) is 0.